The molecule has 0 aliphatic rings. The molecule has 0 spiro atoms. The summed E-state index contributed by atoms with van der Waals surface area (Å²) in [5.74, 6) is 0.0772. The number of nitrogens with zero attached hydrogens (tertiary/aromatic N) is 3. The van der Waals surface area contributed by atoms with Crippen LogP contribution in [0.5, 0.6) is 0 Å². The molecule has 3 rings (SSSR count). The second kappa shape index (κ2) is 8.31. The number of thioether (sulfide) groups is 1. The van der Waals surface area contributed by atoms with E-state index in [1.165, 1.54) is 23.9 Å². The van der Waals surface area contributed by atoms with Gasteiger partial charge in [0.25, 0.3) is 0 Å². The van der Waals surface area contributed by atoms with E-state index in [2.05, 4.69) is 9.97 Å². The molecule has 26 heavy (non-hydrogen) atoms. The van der Waals surface area contributed by atoms with Crippen molar-refractivity contribution in [3.05, 3.63) is 54.0 Å². The number of imidazole rings is 1. The van der Waals surface area contributed by atoms with Crippen LogP contribution in [-0.2, 0) is 15.3 Å². The first-order chi connectivity index (χ1) is 12.6. The molecule has 0 N–H and O–H groups in total. The standard InChI is InChI=1S/C19H20FN3O2S/c1-3-15(18(24)25-4-2)23-16-6-5-11-21-17(16)22-19(23)26-12-13-7-9-14(20)10-8-13/h5-11,15H,3-4,12H2,1-2H3. The van der Waals surface area contributed by atoms with Crippen molar-refractivity contribution in [2.45, 2.75) is 37.2 Å². The second-order valence-electron chi connectivity index (χ2n) is 5.70. The number of benzene rings is 1. The molecule has 1 aromatic carbocycles. The average molecular weight is 373 g/mol. The Kier molecular flexibility index (Phi) is 5.88. The Morgan fingerprint density at radius 2 is 2.04 bits per heavy atom. The summed E-state index contributed by atoms with van der Waals surface area (Å²) >= 11 is 1.49. The molecule has 0 aliphatic carbocycles. The summed E-state index contributed by atoms with van der Waals surface area (Å²) in [6, 6.07) is 9.64. The number of aromatic nitrogens is 3. The van der Waals surface area contributed by atoms with Gasteiger partial charge < -0.3 is 9.30 Å². The minimum Gasteiger partial charge on any atom is -0.464 e. The monoisotopic (exact) mass is 373 g/mol. The molecule has 1 atom stereocenters. The highest BCUT2D eigenvalue weighted by Gasteiger charge is 2.25. The fourth-order valence-corrected chi connectivity index (χ4v) is 3.74. The van der Waals surface area contributed by atoms with Crippen molar-refractivity contribution in [3.8, 4) is 0 Å². The number of ether oxygens (including phenoxy) is 1. The Morgan fingerprint density at radius 3 is 2.73 bits per heavy atom. The Labute approximate surface area is 155 Å². The Bertz CT molecular complexity index is 895. The summed E-state index contributed by atoms with van der Waals surface area (Å²) in [5, 5.41) is 0.697. The van der Waals surface area contributed by atoms with Gasteiger partial charge in [-0.2, -0.15) is 0 Å². The molecule has 7 heteroatoms. The minimum atomic E-state index is -0.458. The highest BCUT2D eigenvalue weighted by molar-refractivity contribution is 7.98. The number of esters is 1. The van der Waals surface area contributed by atoms with Crippen molar-refractivity contribution in [3.63, 3.8) is 0 Å². The van der Waals surface area contributed by atoms with Crippen molar-refractivity contribution >= 4 is 28.9 Å². The maximum Gasteiger partial charge on any atom is 0.329 e. The van der Waals surface area contributed by atoms with Gasteiger partial charge in [0.1, 0.15) is 11.9 Å². The molecular formula is C19H20FN3O2S. The number of carbonyl (C=O) groups excluding carboxylic acids is 1. The molecule has 0 bridgehead atoms. The number of hydrogen-bond acceptors (Lipinski definition) is 5. The highest BCUT2D eigenvalue weighted by Crippen LogP contribution is 2.31. The van der Waals surface area contributed by atoms with E-state index in [0.29, 0.717) is 29.6 Å². The molecule has 3 aromatic rings. The molecule has 5 nitrogen and oxygen atoms in total. The first kappa shape index (κ1) is 18.4. The fraction of sp³-hybridized carbons (Fsp3) is 0.316. The molecule has 136 valence electrons. The summed E-state index contributed by atoms with van der Waals surface area (Å²) in [5.41, 5.74) is 2.37. The number of rotatable bonds is 7. The lowest BCUT2D eigenvalue weighted by Crippen LogP contribution is -2.22. The van der Waals surface area contributed by atoms with Crippen LogP contribution < -0.4 is 0 Å². The van der Waals surface area contributed by atoms with Gasteiger partial charge in [0.05, 0.1) is 12.1 Å². The van der Waals surface area contributed by atoms with Crippen LogP contribution in [0.1, 0.15) is 31.9 Å². The van der Waals surface area contributed by atoms with E-state index in [9.17, 15) is 9.18 Å². The lowest BCUT2D eigenvalue weighted by molar-refractivity contribution is -0.147. The van der Waals surface area contributed by atoms with Gasteiger partial charge in [0.2, 0.25) is 0 Å². The van der Waals surface area contributed by atoms with Crippen LogP contribution >= 0.6 is 11.8 Å². The van der Waals surface area contributed by atoms with Gasteiger partial charge in [-0.15, -0.1) is 0 Å². The van der Waals surface area contributed by atoms with Crippen LogP contribution in [0.15, 0.2) is 47.8 Å². The third kappa shape index (κ3) is 3.88. The van der Waals surface area contributed by atoms with Crippen LogP contribution in [0.3, 0.4) is 0 Å². The Hall–Kier alpha value is -2.41. The van der Waals surface area contributed by atoms with E-state index in [-0.39, 0.29) is 11.8 Å². The summed E-state index contributed by atoms with van der Waals surface area (Å²) in [4.78, 5) is 21.3. The van der Waals surface area contributed by atoms with Gasteiger partial charge in [-0.25, -0.2) is 19.2 Å². The maximum absolute atomic E-state index is 13.1. The topological polar surface area (TPSA) is 57.0 Å². The zero-order valence-corrected chi connectivity index (χ0v) is 15.5. The van der Waals surface area contributed by atoms with Gasteiger partial charge in [-0.05, 0) is 43.2 Å². The number of hydrogen-bond donors (Lipinski definition) is 0. The predicted octanol–water partition coefficient (Wildman–Crippen LogP) is 4.38. The first-order valence-corrected chi connectivity index (χ1v) is 9.49. The Balaban J connectivity index is 1.95. The van der Waals surface area contributed by atoms with Crippen molar-refractivity contribution in [1.82, 2.24) is 14.5 Å². The second-order valence-corrected chi connectivity index (χ2v) is 6.64. The largest absolute Gasteiger partial charge is 0.464 e. The smallest absolute Gasteiger partial charge is 0.329 e. The lowest BCUT2D eigenvalue weighted by atomic mass is 10.2. The molecule has 0 aliphatic heterocycles. The molecule has 2 heterocycles. The van der Waals surface area contributed by atoms with Crippen LogP contribution in [0, 0.1) is 5.82 Å². The molecular weight excluding hydrogens is 353 g/mol. The van der Waals surface area contributed by atoms with E-state index in [0.717, 1.165) is 11.1 Å². The van der Waals surface area contributed by atoms with Gasteiger partial charge in [0, 0.05) is 11.9 Å². The van der Waals surface area contributed by atoms with Crippen LogP contribution in [0.2, 0.25) is 0 Å². The number of halogens is 1. The summed E-state index contributed by atoms with van der Waals surface area (Å²) < 4.78 is 20.2. The van der Waals surface area contributed by atoms with E-state index >= 15 is 0 Å². The third-order valence-electron chi connectivity index (χ3n) is 3.97. The molecule has 0 saturated carbocycles. The maximum atomic E-state index is 13.1. The first-order valence-electron chi connectivity index (χ1n) is 8.50. The van der Waals surface area contributed by atoms with Gasteiger partial charge in [-0.3, -0.25) is 0 Å². The van der Waals surface area contributed by atoms with Gasteiger partial charge >= 0.3 is 5.97 Å². The highest BCUT2D eigenvalue weighted by atomic mass is 32.2. The molecule has 0 fully saturated rings. The Morgan fingerprint density at radius 1 is 1.27 bits per heavy atom. The van der Waals surface area contributed by atoms with Crippen molar-refractivity contribution < 1.29 is 13.9 Å². The third-order valence-corrected chi connectivity index (χ3v) is 5.00. The van der Waals surface area contributed by atoms with Crippen LogP contribution in [0.25, 0.3) is 11.2 Å². The molecule has 0 amide bonds. The zero-order valence-electron chi connectivity index (χ0n) is 14.7. The van der Waals surface area contributed by atoms with E-state index < -0.39 is 6.04 Å². The van der Waals surface area contributed by atoms with E-state index in [1.807, 2.05) is 23.6 Å². The normalized spacial score (nSPS) is 12.3. The molecule has 0 radical (unpaired) electrons. The van der Waals surface area contributed by atoms with Crippen LogP contribution in [0.4, 0.5) is 4.39 Å². The number of carbonyl (C=O) groups is 1. The quantitative estimate of drug-likeness (QED) is 0.454. The molecule has 0 saturated heterocycles. The summed E-state index contributed by atoms with van der Waals surface area (Å²) in [6.07, 6.45) is 2.27. The van der Waals surface area contributed by atoms with E-state index in [1.54, 1.807) is 25.3 Å². The predicted molar refractivity (Wildman–Crippen MR) is 99.5 cm³/mol. The molecule has 2 aromatic heterocycles. The number of pyridine rings is 1. The summed E-state index contributed by atoms with van der Waals surface area (Å²) in [7, 11) is 0. The average Bonchev–Trinajstić information content (AvgIpc) is 3.01. The van der Waals surface area contributed by atoms with Crippen LogP contribution in [-0.4, -0.2) is 27.1 Å². The lowest BCUT2D eigenvalue weighted by Gasteiger charge is -2.18. The number of fused-ring (bicyclic) bond motifs is 1. The fourth-order valence-electron chi connectivity index (χ4n) is 2.73. The van der Waals surface area contributed by atoms with Gasteiger partial charge in [0.15, 0.2) is 10.8 Å². The van der Waals surface area contributed by atoms with Crippen molar-refractivity contribution in [1.29, 1.82) is 0 Å². The zero-order chi connectivity index (χ0) is 18.5. The minimum absolute atomic E-state index is 0.261. The SMILES string of the molecule is CCOC(=O)C(CC)n1c(SCc2ccc(F)cc2)nc2ncccc21. The van der Waals surface area contributed by atoms with Gasteiger partial charge in [-0.1, -0.05) is 30.8 Å². The summed E-state index contributed by atoms with van der Waals surface area (Å²) in [6.45, 7) is 4.07. The van der Waals surface area contributed by atoms with Crippen molar-refractivity contribution in [2.75, 3.05) is 6.61 Å². The van der Waals surface area contributed by atoms with E-state index in [4.69, 9.17) is 4.74 Å². The van der Waals surface area contributed by atoms with Crippen molar-refractivity contribution in [2.24, 2.45) is 0 Å². The molecule has 1 unspecified atom stereocenters.